The van der Waals surface area contributed by atoms with Gasteiger partial charge in [-0.25, -0.2) is 0 Å². The molecule has 0 aromatic heterocycles. The Labute approximate surface area is 114 Å². The average molecular weight is 261 g/mol. The normalized spacial score (nSPS) is 22.6. The zero-order valence-corrected chi connectivity index (χ0v) is 11.8. The van der Waals surface area contributed by atoms with Crippen molar-refractivity contribution in [2.75, 3.05) is 13.1 Å². The Bertz CT molecular complexity index is 455. The third-order valence-corrected chi connectivity index (χ3v) is 3.85. The third kappa shape index (κ3) is 3.00. The van der Waals surface area contributed by atoms with Crippen molar-refractivity contribution in [1.82, 2.24) is 4.90 Å². The van der Waals surface area contributed by atoms with Crippen LogP contribution in [0.25, 0.3) is 0 Å². The van der Waals surface area contributed by atoms with E-state index in [2.05, 4.69) is 23.7 Å². The lowest BCUT2D eigenvalue weighted by atomic mass is 9.92. The van der Waals surface area contributed by atoms with E-state index in [1.807, 2.05) is 12.1 Å². The lowest BCUT2D eigenvalue weighted by molar-refractivity contribution is 0.208. The quantitative estimate of drug-likeness (QED) is 0.853. The molecule has 0 radical (unpaired) electrons. The minimum atomic E-state index is 0.0258. The molecule has 4 nitrogen and oxygen atoms in total. The number of guanidine groups is 1. The zero-order valence-electron chi connectivity index (χ0n) is 11.8. The Balaban J connectivity index is 1.99. The first-order valence-electron chi connectivity index (χ1n) is 6.90. The van der Waals surface area contributed by atoms with Crippen molar-refractivity contribution in [2.45, 2.75) is 38.6 Å². The summed E-state index contributed by atoms with van der Waals surface area (Å²) < 4.78 is 0. The molecular formula is C15H23N3O. The molecule has 19 heavy (non-hydrogen) atoms. The molecular weight excluding hydrogens is 238 g/mol. The molecule has 1 aromatic carbocycles. The van der Waals surface area contributed by atoms with Crippen LogP contribution in [0.2, 0.25) is 0 Å². The predicted octanol–water partition coefficient (Wildman–Crippen LogP) is 2.12. The molecule has 1 unspecified atom stereocenters. The summed E-state index contributed by atoms with van der Waals surface area (Å²) in [6.07, 6.45) is 3.06. The minimum absolute atomic E-state index is 0.0258. The Morgan fingerprint density at radius 2 is 2.05 bits per heavy atom. The number of rotatable bonds is 5. The molecule has 2 rings (SSSR count). The summed E-state index contributed by atoms with van der Waals surface area (Å²) in [5, 5.41) is 9.29. The van der Waals surface area contributed by atoms with Crippen LogP contribution >= 0.6 is 0 Å². The summed E-state index contributed by atoms with van der Waals surface area (Å²) >= 11 is 0. The van der Waals surface area contributed by atoms with Crippen LogP contribution in [0.1, 0.15) is 32.3 Å². The van der Waals surface area contributed by atoms with Gasteiger partial charge in [0.2, 0.25) is 0 Å². The second-order valence-electron chi connectivity index (χ2n) is 5.49. The van der Waals surface area contributed by atoms with Gasteiger partial charge >= 0.3 is 0 Å². The summed E-state index contributed by atoms with van der Waals surface area (Å²) in [5.41, 5.74) is 7.24. The van der Waals surface area contributed by atoms with E-state index in [9.17, 15) is 5.11 Å². The van der Waals surface area contributed by atoms with E-state index < -0.39 is 0 Å². The molecule has 4 heteroatoms. The average Bonchev–Trinajstić information content (AvgIpc) is 2.68. The van der Waals surface area contributed by atoms with Crippen LogP contribution in [-0.4, -0.2) is 34.6 Å². The molecule has 0 bridgehead atoms. The number of benzene rings is 1. The topological polar surface area (TPSA) is 61.8 Å². The van der Waals surface area contributed by atoms with Crippen LogP contribution in [0.15, 0.2) is 29.3 Å². The fourth-order valence-electron chi connectivity index (χ4n) is 2.60. The van der Waals surface area contributed by atoms with Gasteiger partial charge in [0.05, 0.1) is 12.1 Å². The number of hydrogen-bond donors (Lipinski definition) is 2. The summed E-state index contributed by atoms with van der Waals surface area (Å²) in [4.78, 5) is 6.63. The van der Waals surface area contributed by atoms with E-state index in [1.165, 1.54) is 5.56 Å². The highest BCUT2D eigenvalue weighted by molar-refractivity contribution is 5.80. The van der Waals surface area contributed by atoms with Crippen molar-refractivity contribution in [2.24, 2.45) is 10.7 Å². The molecule has 3 N–H and O–H groups in total. The highest BCUT2D eigenvalue weighted by Gasteiger charge is 2.36. The smallest absolute Gasteiger partial charge is 0.191 e. The fraction of sp³-hybridized carbons (Fsp3) is 0.533. The first-order chi connectivity index (χ1) is 9.05. The summed E-state index contributed by atoms with van der Waals surface area (Å²) in [7, 11) is 0. The van der Waals surface area contributed by atoms with Crippen molar-refractivity contribution in [1.29, 1.82) is 0 Å². The fourth-order valence-corrected chi connectivity index (χ4v) is 2.60. The third-order valence-electron chi connectivity index (χ3n) is 3.85. The first kappa shape index (κ1) is 13.7. The van der Waals surface area contributed by atoms with E-state index in [1.54, 1.807) is 12.1 Å². The maximum Gasteiger partial charge on any atom is 0.191 e. The molecule has 1 heterocycles. The van der Waals surface area contributed by atoms with Crippen molar-refractivity contribution in [3.05, 3.63) is 29.8 Å². The van der Waals surface area contributed by atoms with Crippen LogP contribution in [0.4, 0.5) is 0 Å². The number of hydrogen-bond acceptors (Lipinski definition) is 4. The number of phenolic OH excluding ortho intramolecular Hbond substituents is 1. The summed E-state index contributed by atoms with van der Waals surface area (Å²) in [5.74, 6) is 0.992. The Morgan fingerprint density at radius 3 is 2.68 bits per heavy atom. The predicted molar refractivity (Wildman–Crippen MR) is 78.3 cm³/mol. The Morgan fingerprint density at radius 1 is 1.37 bits per heavy atom. The lowest BCUT2D eigenvalue weighted by Crippen LogP contribution is -2.50. The number of nitrogens with two attached hydrogens (primary N) is 1. The molecule has 0 aliphatic carbocycles. The van der Waals surface area contributed by atoms with Crippen molar-refractivity contribution < 1.29 is 5.11 Å². The van der Waals surface area contributed by atoms with E-state index >= 15 is 0 Å². The van der Waals surface area contributed by atoms with Gasteiger partial charge in [0.25, 0.3) is 0 Å². The molecule has 0 spiro atoms. The van der Waals surface area contributed by atoms with E-state index in [-0.39, 0.29) is 5.54 Å². The molecule has 1 atom stereocenters. The molecule has 104 valence electrons. The number of aryl methyl sites for hydroxylation is 1. The van der Waals surface area contributed by atoms with E-state index in [4.69, 9.17) is 5.73 Å². The van der Waals surface area contributed by atoms with Crippen molar-refractivity contribution in [3.63, 3.8) is 0 Å². The lowest BCUT2D eigenvalue weighted by Gasteiger charge is -2.36. The highest BCUT2D eigenvalue weighted by atomic mass is 16.3. The first-order valence-corrected chi connectivity index (χ1v) is 6.90. The standard InChI is InChI=1S/C15H23N3O/c1-3-10-18-14(16)17-11-15(18,2)9-8-12-4-6-13(19)7-5-12/h4-7,19H,3,8-11H2,1-2H3,(H2,16,17). The minimum Gasteiger partial charge on any atom is -0.508 e. The Kier molecular flexibility index (Phi) is 3.98. The molecule has 1 aliphatic rings. The second kappa shape index (κ2) is 5.51. The van der Waals surface area contributed by atoms with Gasteiger partial charge in [-0.3, -0.25) is 4.99 Å². The van der Waals surface area contributed by atoms with Crippen LogP contribution in [0.5, 0.6) is 5.75 Å². The van der Waals surface area contributed by atoms with Crippen LogP contribution in [0, 0.1) is 0 Å². The Hall–Kier alpha value is -1.71. The van der Waals surface area contributed by atoms with Gasteiger partial charge < -0.3 is 15.7 Å². The van der Waals surface area contributed by atoms with Crippen LogP contribution in [0.3, 0.4) is 0 Å². The SMILES string of the molecule is CCCN1C(N)=NCC1(C)CCc1ccc(O)cc1. The van der Waals surface area contributed by atoms with Gasteiger partial charge in [-0.1, -0.05) is 19.1 Å². The number of aromatic hydroxyl groups is 1. The zero-order chi connectivity index (χ0) is 13.9. The molecule has 0 saturated heterocycles. The van der Waals surface area contributed by atoms with E-state index in [0.29, 0.717) is 11.7 Å². The molecule has 0 amide bonds. The van der Waals surface area contributed by atoms with Crippen LogP contribution in [-0.2, 0) is 6.42 Å². The van der Waals surface area contributed by atoms with E-state index in [0.717, 1.165) is 32.4 Å². The molecule has 0 saturated carbocycles. The van der Waals surface area contributed by atoms with Gasteiger partial charge in [-0.05, 0) is 43.9 Å². The molecule has 1 aliphatic heterocycles. The summed E-state index contributed by atoms with van der Waals surface area (Å²) in [6, 6.07) is 7.42. The van der Waals surface area contributed by atoms with Crippen molar-refractivity contribution in [3.8, 4) is 5.75 Å². The molecule has 0 fully saturated rings. The highest BCUT2D eigenvalue weighted by Crippen LogP contribution is 2.27. The van der Waals surface area contributed by atoms with Gasteiger partial charge in [0.1, 0.15) is 5.75 Å². The molecule has 1 aromatic rings. The maximum atomic E-state index is 9.29. The van der Waals surface area contributed by atoms with Gasteiger partial charge in [0.15, 0.2) is 5.96 Å². The monoisotopic (exact) mass is 261 g/mol. The second-order valence-corrected chi connectivity index (χ2v) is 5.49. The maximum absolute atomic E-state index is 9.29. The largest absolute Gasteiger partial charge is 0.508 e. The number of aliphatic imine (C=N–C) groups is 1. The summed E-state index contributed by atoms with van der Waals surface area (Å²) in [6.45, 7) is 6.12. The van der Waals surface area contributed by atoms with Gasteiger partial charge in [-0.2, -0.15) is 0 Å². The van der Waals surface area contributed by atoms with Gasteiger partial charge in [-0.15, -0.1) is 0 Å². The number of phenols is 1. The van der Waals surface area contributed by atoms with Crippen LogP contribution < -0.4 is 5.73 Å². The van der Waals surface area contributed by atoms with Gasteiger partial charge in [0, 0.05) is 6.54 Å². The van der Waals surface area contributed by atoms with Crippen molar-refractivity contribution >= 4 is 5.96 Å². The number of nitrogens with zero attached hydrogens (tertiary/aromatic N) is 2.